The quantitative estimate of drug-likeness (QED) is 0.531. The predicted molar refractivity (Wildman–Crippen MR) is 155 cm³/mol. The van der Waals surface area contributed by atoms with Gasteiger partial charge >= 0.3 is 0 Å². The van der Waals surface area contributed by atoms with Crippen molar-refractivity contribution in [2.45, 2.75) is 90.4 Å². The molecule has 1 aromatic rings. The van der Waals surface area contributed by atoms with Crippen LogP contribution < -0.4 is 9.64 Å². The number of carbonyl (C=O) groups is 1. The first-order valence-electron chi connectivity index (χ1n) is 14.9. The molecule has 216 valence electrons. The van der Waals surface area contributed by atoms with E-state index in [9.17, 15) is 9.90 Å². The highest BCUT2D eigenvalue weighted by molar-refractivity contribution is 5.98. The summed E-state index contributed by atoms with van der Waals surface area (Å²) in [6, 6.07) is 5.52. The highest BCUT2D eigenvalue weighted by atomic mass is 16.5. The number of fused-ring (bicyclic) bond motifs is 1. The van der Waals surface area contributed by atoms with E-state index in [0.717, 1.165) is 44.0 Å². The second-order valence-corrected chi connectivity index (χ2v) is 12.1. The number of ether oxygens (including phenoxy) is 2. The highest BCUT2D eigenvalue weighted by Gasteiger charge is 2.30. The summed E-state index contributed by atoms with van der Waals surface area (Å²) >= 11 is 0. The van der Waals surface area contributed by atoms with Crippen molar-refractivity contribution in [3.05, 3.63) is 23.8 Å². The number of aliphatic hydroxyl groups excluding tert-OH is 1. The number of aliphatic hydroxyl groups is 1. The van der Waals surface area contributed by atoms with Crippen LogP contribution in [0.25, 0.3) is 0 Å². The van der Waals surface area contributed by atoms with Gasteiger partial charge in [-0.15, -0.1) is 0 Å². The van der Waals surface area contributed by atoms with Gasteiger partial charge in [-0.1, -0.05) is 26.2 Å². The van der Waals surface area contributed by atoms with Crippen LogP contribution >= 0.6 is 0 Å². The maximum absolute atomic E-state index is 14.1. The van der Waals surface area contributed by atoms with Gasteiger partial charge in [0.25, 0.3) is 5.91 Å². The number of likely N-dealkylation sites (N-methyl/N-ethyl adjacent to an activating group) is 1. The van der Waals surface area contributed by atoms with Crippen LogP contribution in [0.5, 0.6) is 5.75 Å². The first-order chi connectivity index (χ1) is 18.2. The predicted octanol–water partition coefficient (Wildman–Crippen LogP) is 5.06. The Balaban J connectivity index is 1.86. The van der Waals surface area contributed by atoms with Crippen LogP contribution in [0.3, 0.4) is 0 Å². The molecule has 1 amide bonds. The van der Waals surface area contributed by atoms with Crippen molar-refractivity contribution in [1.82, 2.24) is 9.80 Å². The third-order valence-corrected chi connectivity index (χ3v) is 8.34. The Morgan fingerprint density at radius 2 is 1.74 bits per heavy atom. The van der Waals surface area contributed by atoms with Crippen LogP contribution in [0.1, 0.15) is 82.5 Å². The first-order valence-corrected chi connectivity index (χ1v) is 14.9. The molecule has 0 unspecified atom stereocenters. The maximum atomic E-state index is 14.1. The topological polar surface area (TPSA) is 65.5 Å². The van der Waals surface area contributed by atoms with E-state index in [1.54, 1.807) is 0 Å². The lowest BCUT2D eigenvalue weighted by Gasteiger charge is -2.36. The molecule has 38 heavy (non-hydrogen) atoms. The van der Waals surface area contributed by atoms with Crippen molar-refractivity contribution >= 4 is 11.6 Å². The molecule has 4 atom stereocenters. The molecule has 1 fully saturated rings. The van der Waals surface area contributed by atoms with Gasteiger partial charge in [-0.3, -0.25) is 4.79 Å². The molecule has 1 heterocycles. The number of rotatable bonds is 7. The molecule has 1 aromatic carbocycles. The lowest BCUT2D eigenvalue weighted by atomic mass is 9.89. The van der Waals surface area contributed by atoms with Gasteiger partial charge in [0.2, 0.25) is 0 Å². The third-order valence-electron chi connectivity index (χ3n) is 8.34. The van der Waals surface area contributed by atoms with Crippen LogP contribution in [-0.2, 0) is 4.74 Å². The number of benzene rings is 1. The summed E-state index contributed by atoms with van der Waals surface area (Å²) in [5.41, 5.74) is 1.50. The largest absolute Gasteiger partial charge is 0.490 e. The summed E-state index contributed by atoms with van der Waals surface area (Å²) in [5.74, 6) is 1.41. The van der Waals surface area contributed by atoms with Crippen LogP contribution in [0.4, 0.5) is 5.69 Å². The molecule has 0 aromatic heterocycles. The van der Waals surface area contributed by atoms with Gasteiger partial charge < -0.3 is 29.3 Å². The van der Waals surface area contributed by atoms with Crippen molar-refractivity contribution in [2.24, 2.45) is 11.8 Å². The van der Waals surface area contributed by atoms with Gasteiger partial charge in [0, 0.05) is 51.9 Å². The fourth-order valence-electron chi connectivity index (χ4n) is 5.84. The molecule has 0 saturated heterocycles. The summed E-state index contributed by atoms with van der Waals surface area (Å²) in [6.45, 7) is 9.27. The van der Waals surface area contributed by atoms with Gasteiger partial charge in [-0.05, 0) is 77.1 Å². The molecule has 1 aliphatic heterocycles. The Labute approximate surface area is 231 Å². The van der Waals surface area contributed by atoms with Gasteiger partial charge in [0.1, 0.15) is 5.75 Å². The standard InChI is InChI=1S/C31H53N3O4/c1-23-19-34(24(2)22-35)31(36)28-18-27(32(4)5)15-16-29(28)38-25(3)12-10-11-17-37-30(23)21-33(6)20-26-13-8-7-9-14-26/h15-16,18,23-26,30,35H,7-14,17,19-22H2,1-6H3/t23-,24+,25+,30-/m1/s1. The second kappa shape index (κ2) is 15.1. The normalized spacial score (nSPS) is 25.4. The van der Waals surface area contributed by atoms with E-state index in [1.165, 1.54) is 32.1 Å². The molecule has 1 aliphatic carbocycles. The summed E-state index contributed by atoms with van der Waals surface area (Å²) < 4.78 is 12.8. The zero-order valence-electron chi connectivity index (χ0n) is 24.8. The molecular formula is C31H53N3O4. The Morgan fingerprint density at radius 3 is 2.42 bits per heavy atom. The van der Waals surface area contributed by atoms with Crippen molar-refractivity contribution < 1.29 is 19.4 Å². The fourth-order valence-corrected chi connectivity index (χ4v) is 5.84. The number of nitrogens with zero attached hydrogens (tertiary/aromatic N) is 3. The van der Waals surface area contributed by atoms with Crippen molar-refractivity contribution in [3.8, 4) is 5.75 Å². The number of anilines is 1. The molecule has 0 spiro atoms. The van der Waals surface area contributed by atoms with Gasteiger partial charge in [-0.25, -0.2) is 0 Å². The van der Waals surface area contributed by atoms with Crippen LogP contribution in [-0.4, -0.2) is 93.1 Å². The number of carbonyl (C=O) groups excluding carboxylic acids is 1. The van der Waals surface area contributed by atoms with Crippen molar-refractivity contribution in [3.63, 3.8) is 0 Å². The molecule has 3 rings (SSSR count). The average Bonchev–Trinajstić information content (AvgIpc) is 2.90. The Hall–Kier alpha value is -1.83. The average molecular weight is 532 g/mol. The zero-order chi connectivity index (χ0) is 27.7. The number of hydrogen-bond acceptors (Lipinski definition) is 6. The lowest BCUT2D eigenvalue weighted by Crippen LogP contribution is -2.47. The van der Waals surface area contributed by atoms with E-state index in [4.69, 9.17) is 9.47 Å². The van der Waals surface area contributed by atoms with E-state index >= 15 is 0 Å². The Morgan fingerprint density at radius 1 is 1.03 bits per heavy atom. The van der Waals surface area contributed by atoms with Gasteiger partial charge in [0.05, 0.1) is 30.4 Å². The fraction of sp³-hybridized carbons (Fsp3) is 0.774. The SMILES string of the molecule is C[C@@H]1CN([C@@H](C)CO)C(=O)c2cc(N(C)C)ccc2O[C@@H](C)CCCCO[C@@H]1CN(C)CC1CCCCC1. The van der Waals surface area contributed by atoms with Crippen LogP contribution in [0, 0.1) is 11.8 Å². The summed E-state index contributed by atoms with van der Waals surface area (Å²) in [5, 5.41) is 10.1. The molecular weight excluding hydrogens is 478 g/mol. The molecule has 2 aliphatic rings. The smallest absolute Gasteiger partial charge is 0.258 e. The monoisotopic (exact) mass is 531 g/mol. The molecule has 7 heteroatoms. The first kappa shape index (κ1) is 30.7. The summed E-state index contributed by atoms with van der Waals surface area (Å²) in [7, 11) is 6.16. The van der Waals surface area contributed by atoms with Crippen LogP contribution in [0.2, 0.25) is 0 Å². The minimum Gasteiger partial charge on any atom is -0.490 e. The minimum atomic E-state index is -0.313. The van der Waals surface area contributed by atoms with Crippen LogP contribution in [0.15, 0.2) is 18.2 Å². The van der Waals surface area contributed by atoms with E-state index in [1.807, 2.05) is 49.0 Å². The van der Waals surface area contributed by atoms with E-state index < -0.39 is 0 Å². The van der Waals surface area contributed by atoms with E-state index in [0.29, 0.717) is 24.5 Å². The third kappa shape index (κ3) is 8.85. The maximum Gasteiger partial charge on any atom is 0.258 e. The zero-order valence-corrected chi connectivity index (χ0v) is 24.8. The van der Waals surface area contributed by atoms with E-state index in [2.05, 4.69) is 25.8 Å². The molecule has 0 radical (unpaired) electrons. The molecule has 1 N–H and O–H groups in total. The minimum absolute atomic E-state index is 0.00485. The van der Waals surface area contributed by atoms with Crippen molar-refractivity contribution in [2.75, 3.05) is 58.9 Å². The summed E-state index contributed by atoms with van der Waals surface area (Å²) in [6.07, 6.45) is 9.67. The van der Waals surface area contributed by atoms with Crippen molar-refractivity contribution in [1.29, 1.82) is 0 Å². The van der Waals surface area contributed by atoms with E-state index in [-0.39, 0.29) is 36.7 Å². The lowest BCUT2D eigenvalue weighted by molar-refractivity contribution is -0.0190. The second-order valence-electron chi connectivity index (χ2n) is 12.1. The number of amides is 1. The highest BCUT2D eigenvalue weighted by Crippen LogP contribution is 2.29. The molecule has 0 bridgehead atoms. The summed E-state index contributed by atoms with van der Waals surface area (Å²) in [4.78, 5) is 20.3. The Kier molecular flexibility index (Phi) is 12.2. The Bertz CT molecular complexity index is 858. The van der Waals surface area contributed by atoms with Gasteiger partial charge in [-0.2, -0.15) is 0 Å². The molecule has 7 nitrogen and oxygen atoms in total. The molecule has 1 saturated carbocycles. The van der Waals surface area contributed by atoms with Gasteiger partial charge in [0.15, 0.2) is 0 Å². The number of hydrogen-bond donors (Lipinski definition) is 1.